The van der Waals surface area contributed by atoms with Crippen LogP contribution in [-0.4, -0.2) is 23.9 Å². The molecule has 4 nitrogen and oxygen atoms in total. The number of hydrogen-bond acceptors (Lipinski definition) is 3. The van der Waals surface area contributed by atoms with Crippen molar-refractivity contribution >= 4 is 5.91 Å². The fourth-order valence-corrected chi connectivity index (χ4v) is 1.51. The van der Waals surface area contributed by atoms with Crippen LogP contribution in [-0.2, 0) is 11.3 Å². The van der Waals surface area contributed by atoms with Gasteiger partial charge in [-0.25, -0.2) is 4.39 Å². The average molecular weight is 235 g/mol. The van der Waals surface area contributed by atoms with Crippen LogP contribution in [0.2, 0.25) is 0 Å². The molecule has 0 bridgehead atoms. The summed E-state index contributed by atoms with van der Waals surface area (Å²) in [6.45, 7) is 3.17. The van der Waals surface area contributed by atoms with Gasteiger partial charge in [-0.3, -0.25) is 9.69 Å². The lowest BCUT2D eigenvalue weighted by Gasteiger charge is -2.18. The summed E-state index contributed by atoms with van der Waals surface area (Å²) in [6.07, 6.45) is 0. The van der Waals surface area contributed by atoms with Crippen molar-refractivity contribution in [2.45, 2.75) is 13.5 Å². The van der Waals surface area contributed by atoms with Gasteiger partial charge in [-0.2, -0.15) is 5.26 Å². The van der Waals surface area contributed by atoms with E-state index in [9.17, 15) is 9.18 Å². The lowest BCUT2D eigenvalue weighted by Crippen LogP contribution is -2.33. The molecule has 5 heteroatoms. The molecule has 0 radical (unpaired) electrons. The third-order valence-corrected chi connectivity index (χ3v) is 2.38. The van der Waals surface area contributed by atoms with E-state index in [1.165, 1.54) is 12.1 Å². The number of benzene rings is 1. The lowest BCUT2D eigenvalue weighted by atomic mass is 10.1. The van der Waals surface area contributed by atoms with E-state index in [0.717, 1.165) is 5.56 Å². The van der Waals surface area contributed by atoms with E-state index in [1.54, 1.807) is 12.1 Å². The predicted octanol–water partition coefficient (Wildman–Crippen LogP) is 1.00. The highest BCUT2D eigenvalue weighted by atomic mass is 19.1. The molecule has 0 heterocycles. The normalized spacial score (nSPS) is 10.2. The number of nitrogens with two attached hydrogens (primary N) is 1. The first kappa shape index (κ1) is 13.1. The molecule has 0 fully saturated rings. The smallest absolute Gasteiger partial charge is 0.231 e. The zero-order chi connectivity index (χ0) is 12.8. The second-order valence-electron chi connectivity index (χ2n) is 3.70. The topological polar surface area (TPSA) is 70.1 Å². The third kappa shape index (κ3) is 3.85. The molecule has 0 aliphatic carbocycles. The average Bonchev–Trinajstić information content (AvgIpc) is 2.30. The summed E-state index contributed by atoms with van der Waals surface area (Å²) in [5.74, 6) is -0.941. The Morgan fingerprint density at radius 2 is 2.29 bits per heavy atom. The van der Waals surface area contributed by atoms with Crippen LogP contribution in [0.4, 0.5) is 4.39 Å². The number of carbonyl (C=O) groups is 1. The number of carbonyl (C=O) groups excluding carboxylic acids is 1. The second-order valence-corrected chi connectivity index (χ2v) is 3.70. The van der Waals surface area contributed by atoms with E-state index in [4.69, 9.17) is 11.0 Å². The van der Waals surface area contributed by atoms with Crippen LogP contribution in [0.3, 0.4) is 0 Å². The van der Waals surface area contributed by atoms with Crippen molar-refractivity contribution in [2.75, 3.05) is 13.1 Å². The second kappa shape index (κ2) is 5.97. The van der Waals surface area contributed by atoms with Gasteiger partial charge >= 0.3 is 0 Å². The number of rotatable bonds is 5. The highest BCUT2D eigenvalue weighted by Crippen LogP contribution is 2.11. The van der Waals surface area contributed by atoms with E-state index < -0.39 is 11.7 Å². The Morgan fingerprint density at radius 1 is 1.59 bits per heavy atom. The highest BCUT2D eigenvalue weighted by molar-refractivity contribution is 5.75. The molecule has 1 rings (SSSR count). The number of amides is 1. The van der Waals surface area contributed by atoms with Gasteiger partial charge in [0.05, 0.1) is 12.1 Å². The van der Waals surface area contributed by atoms with Gasteiger partial charge in [0, 0.05) is 6.54 Å². The van der Waals surface area contributed by atoms with E-state index in [1.807, 2.05) is 11.8 Å². The van der Waals surface area contributed by atoms with Crippen LogP contribution in [0.1, 0.15) is 18.1 Å². The number of primary amides is 1. The van der Waals surface area contributed by atoms with E-state index in [2.05, 4.69) is 0 Å². The summed E-state index contributed by atoms with van der Waals surface area (Å²) < 4.78 is 13.1. The number of halogens is 1. The molecule has 0 atom stereocenters. The Bertz CT molecular complexity index is 454. The quantitative estimate of drug-likeness (QED) is 0.827. The van der Waals surface area contributed by atoms with Gasteiger partial charge in [-0.05, 0) is 24.2 Å². The molecular weight excluding hydrogens is 221 g/mol. The van der Waals surface area contributed by atoms with E-state index >= 15 is 0 Å². The van der Waals surface area contributed by atoms with Crippen LogP contribution in [0.15, 0.2) is 18.2 Å². The standard InChI is InChI=1S/C12H14FN3O/c1-2-16(8-12(15)17)7-9-3-4-11(13)10(5-9)6-14/h3-5H,2,7-8H2,1H3,(H2,15,17). The monoisotopic (exact) mass is 235 g/mol. The van der Waals surface area contributed by atoms with Crippen molar-refractivity contribution in [1.82, 2.24) is 4.90 Å². The Balaban J connectivity index is 2.80. The van der Waals surface area contributed by atoms with Crippen molar-refractivity contribution in [3.8, 4) is 6.07 Å². The van der Waals surface area contributed by atoms with Crippen LogP contribution in [0.25, 0.3) is 0 Å². The fraction of sp³-hybridized carbons (Fsp3) is 0.333. The fourth-order valence-electron chi connectivity index (χ4n) is 1.51. The molecule has 0 aliphatic heterocycles. The summed E-state index contributed by atoms with van der Waals surface area (Å²) in [5, 5.41) is 8.70. The molecular formula is C12H14FN3O. The van der Waals surface area contributed by atoms with Gasteiger partial charge < -0.3 is 5.73 Å². The van der Waals surface area contributed by atoms with Gasteiger partial charge in [0.15, 0.2) is 0 Å². The Labute approximate surface area is 99.4 Å². The number of hydrogen-bond donors (Lipinski definition) is 1. The maximum absolute atomic E-state index is 13.1. The first-order valence-electron chi connectivity index (χ1n) is 5.26. The molecule has 0 saturated heterocycles. The SMILES string of the molecule is CCN(CC(N)=O)Cc1ccc(F)c(C#N)c1. The summed E-state index contributed by atoms with van der Waals surface area (Å²) in [4.78, 5) is 12.6. The van der Waals surface area contributed by atoms with Crippen LogP contribution < -0.4 is 5.73 Å². The molecule has 0 aliphatic rings. The summed E-state index contributed by atoms with van der Waals surface area (Å²) in [5.41, 5.74) is 5.90. The molecule has 0 spiro atoms. The maximum Gasteiger partial charge on any atom is 0.231 e. The predicted molar refractivity (Wildman–Crippen MR) is 61.3 cm³/mol. The highest BCUT2D eigenvalue weighted by Gasteiger charge is 2.09. The number of likely N-dealkylation sites (N-methyl/N-ethyl adjacent to an activating group) is 1. The minimum Gasteiger partial charge on any atom is -0.369 e. The summed E-state index contributed by atoms with van der Waals surface area (Å²) in [6, 6.07) is 6.12. The Morgan fingerprint density at radius 3 is 2.82 bits per heavy atom. The maximum atomic E-state index is 13.1. The van der Waals surface area contributed by atoms with Crippen LogP contribution >= 0.6 is 0 Å². The largest absolute Gasteiger partial charge is 0.369 e. The minimum absolute atomic E-state index is 0.0117. The Kier molecular flexibility index (Phi) is 4.61. The molecule has 1 aromatic rings. The van der Waals surface area contributed by atoms with Crippen LogP contribution in [0, 0.1) is 17.1 Å². The molecule has 0 saturated carbocycles. The number of nitriles is 1. The van der Waals surface area contributed by atoms with Crippen molar-refractivity contribution in [3.05, 3.63) is 35.1 Å². The lowest BCUT2D eigenvalue weighted by molar-refractivity contribution is -0.119. The van der Waals surface area contributed by atoms with Gasteiger partial charge in [0.25, 0.3) is 0 Å². The molecule has 0 unspecified atom stereocenters. The first-order chi connectivity index (χ1) is 8.06. The molecule has 0 aromatic heterocycles. The van der Waals surface area contributed by atoms with Gasteiger partial charge in [0.1, 0.15) is 11.9 Å². The van der Waals surface area contributed by atoms with E-state index in [-0.39, 0.29) is 12.1 Å². The molecule has 1 aromatic carbocycles. The van der Waals surface area contributed by atoms with Crippen molar-refractivity contribution in [1.29, 1.82) is 5.26 Å². The van der Waals surface area contributed by atoms with Crippen molar-refractivity contribution < 1.29 is 9.18 Å². The zero-order valence-electron chi connectivity index (χ0n) is 9.61. The third-order valence-electron chi connectivity index (χ3n) is 2.38. The molecule has 2 N–H and O–H groups in total. The van der Waals surface area contributed by atoms with Crippen molar-refractivity contribution in [2.24, 2.45) is 5.73 Å². The number of nitrogens with zero attached hydrogens (tertiary/aromatic N) is 2. The summed E-state index contributed by atoms with van der Waals surface area (Å²) >= 11 is 0. The van der Waals surface area contributed by atoms with Gasteiger partial charge in [0.2, 0.25) is 5.91 Å². The van der Waals surface area contributed by atoms with E-state index in [0.29, 0.717) is 13.1 Å². The Hall–Kier alpha value is -1.93. The van der Waals surface area contributed by atoms with Crippen molar-refractivity contribution in [3.63, 3.8) is 0 Å². The molecule has 90 valence electrons. The molecule has 1 amide bonds. The van der Waals surface area contributed by atoms with Crippen LogP contribution in [0.5, 0.6) is 0 Å². The summed E-state index contributed by atoms with van der Waals surface area (Å²) in [7, 11) is 0. The van der Waals surface area contributed by atoms with Gasteiger partial charge in [-0.1, -0.05) is 13.0 Å². The minimum atomic E-state index is -0.533. The molecule has 17 heavy (non-hydrogen) atoms. The van der Waals surface area contributed by atoms with Gasteiger partial charge in [-0.15, -0.1) is 0 Å². The first-order valence-corrected chi connectivity index (χ1v) is 5.26. The zero-order valence-corrected chi connectivity index (χ0v) is 9.61.